The van der Waals surface area contributed by atoms with E-state index < -0.39 is 0 Å². The molecule has 0 aromatic carbocycles. The third kappa shape index (κ3) is 1.44. The van der Waals surface area contributed by atoms with E-state index in [1.54, 1.807) is 0 Å². The first-order valence-corrected chi connectivity index (χ1v) is 5.56. The van der Waals surface area contributed by atoms with Gasteiger partial charge in [0.2, 0.25) is 5.91 Å². The van der Waals surface area contributed by atoms with Gasteiger partial charge in [0.15, 0.2) is 0 Å². The second kappa shape index (κ2) is 3.23. The molecule has 3 heteroatoms. The number of hydrogen-bond acceptors (Lipinski definition) is 2. The Bertz CT molecular complexity index is 250. The monoisotopic (exact) mass is 196 g/mol. The minimum absolute atomic E-state index is 0.257. The molecular weight excluding hydrogens is 176 g/mol. The number of nitrogens with zero attached hydrogens (tertiary/aromatic N) is 1. The lowest BCUT2D eigenvalue weighted by Gasteiger charge is -2.34. The largest absolute Gasteiger partial charge is 0.339 e. The summed E-state index contributed by atoms with van der Waals surface area (Å²) in [6, 6.07) is 0.526. The molecule has 0 aromatic heterocycles. The molecule has 14 heavy (non-hydrogen) atoms. The molecule has 2 N–H and O–H groups in total. The Balaban J connectivity index is 2.06. The first kappa shape index (κ1) is 9.97. The van der Waals surface area contributed by atoms with Crippen molar-refractivity contribution in [2.75, 3.05) is 13.1 Å². The fraction of sp³-hybridized carbons (Fsp3) is 0.909. The Labute approximate surface area is 85.6 Å². The molecule has 2 atom stereocenters. The zero-order chi connectivity index (χ0) is 10.3. The predicted octanol–water partition coefficient (Wildman–Crippen LogP) is 0.982. The van der Waals surface area contributed by atoms with Gasteiger partial charge in [0, 0.05) is 19.1 Å². The molecule has 0 spiro atoms. The Morgan fingerprint density at radius 3 is 2.64 bits per heavy atom. The third-order valence-corrected chi connectivity index (χ3v) is 3.76. The highest BCUT2D eigenvalue weighted by Gasteiger charge is 2.43. The van der Waals surface area contributed by atoms with Crippen LogP contribution in [-0.4, -0.2) is 29.9 Å². The zero-order valence-corrected chi connectivity index (χ0v) is 9.12. The number of fused-ring (bicyclic) bond motifs is 2. The molecule has 80 valence electrons. The highest BCUT2D eigenvalue weighted by molar-refractivity contribution is 5.83. The average molecular weight is 196 g/mol. The average Bonchev–Trinajstić information content (AvgIpc) is 2.77. The molecule has 3 nitrogen and oxygen atoms in total. The van der Waals surface area contributed by atoms with Gasteiger partial charge in [-0.3, -0.25) is 4.79 Å². The van der Waals surface area contributed by atoms with E-state index in [1.807, 2.05) is 13.8 Å². The fourth-order valence-electron chi connectivity index (χ4n) is 2.65. The van der Waals surface area contributed by atoms with Crippen molar-refractivity contribution < 1.29 is 4.79 Å². The van der Waals surface area contributed by atoms with Gasteiger partial charge in [-0.05, 0) is 39.0 Å². The quantitative estimate of drug-likeness (QED) is 0.715. The first-order chi connectivity index (χ1) is 6.54. The van der Waals surface area contributed by atoms with Crippen molar-refractivity contribution in [2.45, 2.75) is 39.2 Å². The smallest absolute Gasteiger partial charge is 0.229 e. The van der Waals surface area contributed by atoms with E-state index in [9.17, 15) is 4.79 Å². The summed E-state index contributed by atoms with van der Waals surface area (Å²) in [5.74, 6) is 1.03. The Hall–Kier alpha value is -0.570. The van der Waals surface area contributed by atoms with Crippen LogP contribution in [0.15, 0.2) is 0 Å². The van der Waals surface area contributed by atoms with Crippen LogP contribution < -0.4 is 5.73 Å². The van der Waals surface area contributed by atoms with Crippen LogP contribution in [0.25, 0.3) is 0 Å². The Kier molecular flexibility index (Phi) is 2.30. The van der Waals surface area contributed by atoms with Gasteiger partial charge in [0.25, 0.3) is 0 Å². The van der Waals surface area contributed by atoms with Crippen LogP contribution in [-0.2, 0) is 4.79 Å². The number of piperidine rings is 1. The second-order valence-corrected chi connectivity index (χ2v) is 5.38. The number of rotatable bonds is 2. The van der Waals surface area contributed by atoms with Gasteiger partial charge in [-0.25, -0.2) is 0 Å². The molecule has 2 aliphatic rings. The van der Waals surface area contributed by atoms with E-state index in [1.165, 1.54) is 19.3 Å². The molecular formula is C11H20N2O. The molecule has 1 saturated carbocycles. The molecule has 2 fully saturated rings. The lowest BCUT2D eigenvalue weighted by molar-refractivity contribution is -0.141. The summed E-state index contributed by atoms with van der Waals surface area (Å²) in [5.41, 5.74) is 5.25. The van der Waals surface area contributed by atoms with Crippen molar-refractivity contribution in [2.24, 2.45) is 17.1 Å². The summed E-state index contributed by atoms with van der Waals surface area (Å²) in [7, 11) is 0. The van der Waals surface area contributed by atoms with Crippen LogP contribution in [0.2, 0.25) is 0 Å². The van der Waals surface area contributed by atoms with Crippen molar-refractivity contribution in [3.8, 4) is 0 Å². The van der Waals surface area contributed by atoms with Crippen molar-refractivity contribution in [1.82, 2.24) is 4.90 Å². The fourth-order valence-corrected chi connectivity index (χ4v) is 2.65. The topological polar surface area (TPSA) is 46.3 Å². The Morgan fingerprint density at radius 2 is 2.21 bits per heavy atom. The summed E-state index contributed by atoms with van der Waals surface area (Å²) in [4.78, 5) is 14.2. The highest BCUT2D eigenvalue weighted by atomic mass is 16.2. The van der Waals surface area contributed by atoms with Crippen LogP contribution >= 0.6 is 0 Å². The first-order valence-electron chi connectivity index (χ1n) is 5.56. The van der Waals surface area contributed by atoms with Gasteiger partial charge in [-0.1, -0.05) is 0 Å². The van der Waals surface area contributed by atoms with Gasteiger partial charge < -0.3 is 10.6 Å². The lowest BCUT2D eigenvalue weighted by Crippen LogP contribution is -2.47. The lowest BCUT2D eigenvalue weighted by atomic mass is 9.91. The van der Waals surface area contributed by atoms with E-state index >= 15 is 0 Å². The predicted molar refractivity (Wildman–Crippen MR) is 55.7 cm³/mol. The second-order valence-electron chi connectivity index (χ2n) is 5.38. The molecule has 0 radical (unpaired) electrons. The summed E-state index contributed by atoms with van der Waals surface area (Å²) in [6.45, 7) is 5.31. The SMILES string of the molecule is CC(C)(CN)C(=O)N1CC2CCC1C2. The number of hydrogen-bond donors (Lipinski definition) is 1. The van der Waals surface area contributed by atoms with Crippen LogP contribution in [0.5, 0.6) is 0 Å². The maximum absolute atomic E-state index is 12.1. The molecule has 1 heterocycles. The molecule has 2 rings (SSSR count). The summed E-state index contributed by atoms with van der Waals surface area (Å²) in [5, 5.41) is 0. The molecule has 1 saturated heterocycles. The number of carbonyl (C=O) groups is 1. The van der Waals surface area contributed by atoms with E-state index in [4.69, 9.17) is 5.73 Å². The zero-order valence-electron chi connectivity index (χ0n) is 9.12. The Morgan fingerprint density at radius 1 is 1.50 bits per heavy atom. The van der Waals surface area contributed by atoms with E-state index in [2.05, 4.69) is 4.90 Å². The van der Waals surface area contributed by atoms with E-state index in [-0.39, 0.29) is 11.3 Å². The summed E-state index contributed by atoms with van der Waals surface area (Å²) in [6.07, 6.45) is 3.75. The van der Waals surface area contributed by atoms with E-state index in [0.717, 1.165) is 12.5 Å². The number of nitrogens with two attached hydrogens (primary N) is 1. The number of likely N-dealkylation sites (tertiary alicyclic amines) is 1. The number of carbonyl (C=O) groups excluding carboxylic acids is 1. The van der Waals surface area contributed by atoms with E-state index in [0.29, 0.717) is 12.6 Å². The molecule has 1 aliphatic heterocycles. The highest BCUT2D eigenvalue weighted by Crippen LogP contribution is 2.39. The van der Waals surface area contributed by atoms with Crippen LogP contribution in [0.4, 0.5) is 0 Å². The molecule has 1 amide bonds. The summed E-state index contributed by atoms with van der Waals surface area (Å²) < 4.78 is 0. The van der Waals surface area contributed by atoms with Gasteiger partial charge in [-0.2, -0.15) is 0 Å². The van der Waals surface area contributed by atoms with Crippen molar-refractivity contribution >= 4 is 5.91 Å². The van der Waals surface area contributed by atoms with Crippen molar-refractivity contribution in [1.29, 1.82) is 0 Å². The maximum Gasteiger partial charge on any atom is 0.229 e. The molecule has 1 aliphatic carbocycles. The minimum Gasteiger partial charge on any atom is -0.339 e. The standard InChI is InChI=1S/C11H20N2O/c1-11(2,7-12)10(14)13-6-8-3-4-9(13)5-8/h8-9H,3-7,12H2,1-2H3. The van der Waals surface area contributed by atoms with Crippen LogP contribution in [0.3, 0.4) is 0 Å². The van der Waals surface area contributed by atoms with Gasteiger partial charge in [0.05, 0.1) is 5.41 Å². The minimum atomic E-state index is -0.371. The van der Waals surface area contributed by atoms with Crippen molar-refractivity contribution in [3.05, 3.63) is 0 Å². The number of amides is 1. The molecule has 2 unspecified atom stereocenters. The van der Waals surface area contributed by atoms with Crippen molar-refractivity contribution in [3.63, 3.8) is 0 Å². The van der Waals surface area contributed by atoms with Gasteiger partial charge in [0.1, 0.15) is 0 Å². The normalized spacial score (nSPS) is 31.2. The summed E-state index contributed by atoms with van der Waals surface area (Å²) >= 11 is 0. The van der Waals surface area contributed by atoms with Gasteiger partial charge >= 0.3 is 0 Å². The molecule has 0 aromatic rings. The maximum atomic E-state index is 12.1. The third-order valence-electron chi connectivity index (χ3n) is 3.76. The van der Waals surface area contributed by atoms with Crippen LogP contribution in [0.1, 0.15) is 33.1 Å². The van der Waals surface area contributed by atoms with Gasteiger partial charge in [-0.15, -0.1) is 0 Å². The molecule has 2 bridgehead atoms. The van der Waals surface area contributed by atoms with Crippen LogP contribution in [0, 0.1) is 11.3 Å².